The van der Waals surface area contributed by atoms with Crippen molar-refractivity contribution in [3.63, 3.8) is 0 Å². The first kappa shape index (κ1) is 10.8. The van der Waals surface area contributed by atoms with Gasteiger partial charge in [-0.25, -0.2) is 4.79 Å². The Morgan fingerprint density at radius 2 is 2.24 bits per heavy atom. The Kier molecular flexibility index (Phi) is 2.63. The van der Waals surface area contributed by atoms with Crippen LogP contribution in [-0.2, 0) is 12.8 Å². The molecule has 0 bridgehead atoms. The van der Waals surface area contributed by atoms with Crippen molar-refractivity contribution < 1.29 is 9.15 Å². The summed E-state index contributed by atoms with van der Waals surface area (Å²) in [4.78, 5) is 18.2. The number of fused-ring (bicyclic) bond motifs is 3. The van der Waals surface area contributed by atoms with Gasteiger partial charge in [-0.05, 0) is 38.2 Å². The molecule has 0 unspecified atom stereocenters. The van der Waals surface area contributed by atoms with Gasteiger partial charge in [0.15, 0.2) is 0 Å². The monoisotopic (exact) mass is 251 g/mol. The van der Waals surface area contributed by atoms with E-state index in [0.29, 0.717) is 12.0 Å². The second-order valence-corrected chi connectivity index (χ2v) is 5.17. The Balaban J connectivity index is 2.23. The van der Waals surface area contributed by atoms with Crippen LogP contribution in [-0.4, -0.2) is 11.6 Å². The maximum Gasteiger partial charge on any atom is 0.397 e. The average Bonchev–Trinajstić information content (AvgIpc) is 2.67. The maximum absolute atomic E-state index is 11.9. The number of hydrogen-bond acceptors (Lipinski definition) is 5. The van der Waals surface area contributed by atoms with Crippen LogP contribution in [0.1, 0.15) is 30.2 Å². The van der Waals surface area contributed by atoms with Crippen LogP contribution < -0.4 is 10.4 Å². The van der Waals surface area contributed by atoms with Gasteiger partial charge in [-0.15, -0.1) is 11.3 Å². The van der Waals surface area contributed by atoms with Crippen molar-refractivity contribution in [1.29, 1.82) is 0 Å². The van der Waals surface area contributed by atoms with Gasteiger partial charge in [0.05, 0.1) is 6.61 Å². The van der Waals surface area contributed by atoms with Gasteiger partial charge in [-0.2, -0.15) is 4.98 Å². The molecular formula is C12H13NO3S. The number of rotatable bonds is 2. The highest BCUT2D eigenvalue weighted by Crippen LogP contribution is 2.34. The molecule has 0 radical (unpaired) electrons. The highest BCUT2D eigenvalue weighted by Gasteiger charge is 2.20. The molecule has 0 spiro atoms. The zero-order valence-corrected chi connectivity index (χ0v) is 10.4. The van der Waals surface area contributed by atoms with E-state index in [1.807, 2.05) is 6.92 Å². The molecule has 0 aliphatic heterocycles. The van der Waals surface area contributed by atoms with Gasteiger partial charge in [0, 0.05) is 4.88 Å². The van der Waals surface area contributed by atoms with Gasteiger partial charge in [0.25, 0.3) is 0 Å². The molecule has 4 nitrogen and oxygen atoms in total. The van der Waals surface area contributed by atoms with Crippen LogP contribution >= 0.6 is 11.3 Å². The molecule has 90 valence electrons. The van der Waals surface area contributed by atoms with E-state index in [0.717, 1.165) is 29.7 Å². The number of thiophene rings is 1. The Labute approximate surface area is 102 Å². The lowest BCUT2D eigenvalue weighted by molar-refractivity contribution is 0.230. The van der Waals surface area contributed by atoms with Crippen molar-refractivity contribution in [1.82, 2.24) is 4.98 Å². The molecule has 0 fully saturated rings. The van der Waals surface area contributed by atoms with E-state index >= 15 is 0 Å². The minimum absolute atomic E-state index is 0.0867. The highest BCUT2D eigenvalue weighted by atomic mass is 32.1. The summed E-state index contributed by atoms with van der Waals surface area (Å²) < 4.78 is 10.2. The average molecular weight is 251 g/mol. The lowest BCUT2D eigenvalue weighted by atomic mass is 9.97. The molecule has 1 aliphatic carbocycles. The molecule has 0 aromatic carbocycles. The van der Waals surface area contributed by atoms with Crippen molar-refractivity contribution in [2.24, 2.45) is 0 Å². The third kappa shape index (κ3) is 1.74. The number of hydrogen-bond donors (Lipinski definition) is 0. The van der Waals surface area contributed by atoms with Gasteiger partial charge < -0.3 is 9.15 Å². The van der Waals surface area contributed by atoms with Gasteiger partial charge in [-0.1, -0.05) is 0 Å². The van der Waals surface area contributed by atoms with Crippen molar-refractivity contribution in [2.75, 3.05) is 6.61 Å². The van der Waals surface area contributed by atoms with E-state index in [4.69, 9.17) is 9.15 Å². The van der Waals surface area contributed by atoms with Crippen LogP contribution in [0.3, 0.4) is 0 Å². The molecule has 17 heavy (non-hydrogen) atoms. The zero-order chi connectivity index (χ0) is 11.8. The molecule has 0 atom stereocenters. The summed E-state index contributed by atoms with van der Waals surface area (Å²) in [7, 11) is 0. The van der Waals surface area contributed by atoms with Gasteiger partial charge in [0.2, 0.25) is 0 Å². The summed E-state index contributed by atoms with van der Waals surface area (Å²) in [6.45, 7) is 2.29. The lowest BCUT2D eigenvalue weighted by Crippen LogP contribution is -2.07. The van der Waals surface area contributed by atoms with Crippen molar-refractivity contribution >= 4 is 21.6 Å². The minimum Gasteiger partial charge on any atom is -0.450 e. The van der Waals surface area contributed by atoms with Crippen LogP contribution in [0.4, 0.5) is 0 Å². The number of aromatic nitrogens is 1. The van der Waals surface area contributed by atoms with Crippen LogP contribution in [0, 0.1) is 0 Å². The van der Waals surface area contributed by atoms with Crippen LogP contribution in [0.2, 0.25) is 0 Å². The Morgan fingerprint density at radius 1 is 1.41 bits per heavy atom. The predicted octanol–water partition coefficient (Wildman–Crippen LogP) is 2.53. The quantitative estimate of drug-likeness (QED) is 0.823. The molecular weight excluding hydrogens is 238 g/mol. The topological polar surface area (TPSA) is 52.3 Å². The maximum atomic E-state index is 11.9. The fraction of sp³-hybridized carbons (Fsp3) is 0.500. The van der Waals surface area contributed by atoms with Crippen LogP contribution in [0.5, 0.6) is 6.08 Å². The number of ether oxygens (including phenoxy) is 1. The van der Waals surface area contributed by atoms with Crippen molar-refractivity contribution in [2.45, 2.75) is 32.6 Å². The van der Waals surface area contributed by atoms with Gasteiger partial charge >= 0.3 is 11.7 Å². The zero-order valence-electron chi connectivity index (χ0n) is 9.62. The van der Waals surface area contributed by atoms with Gasteiger partial charge in [0.1, 0.15) is 10.2 Å². The molecule has 5 heteroatoms. The minimum atomic E-state index is -0.308. The normalized spacial score (nSPS) is 14.9. The number of aryl methyl sites for hydroxylation is 2. The third-order valence-corrected chi connectivity index (χ3v) is 4.18. The van der Waals surface area contributed by atoms with E-state index in [1.165, 1.54) is 11.3 Å². The van der Waals surface area contributed by atoms with Crippen molar-refractivity contribution in [3.8, 4) is 6.08 Å². The third-order valence-electron chi connectivity index (χ3n) is 3.00. The largest absolute Gasteiger partial charge is 0.450 e. The van der Waals surface area contributed by atoms with Gasteiger partial charge in [-0.3, -0.25) is 0 Å². The first-order chi connectivity index (χ1) is 8.29. The smallest absolute Gasteiger partial charge is 0.397 e. The Morgan fingerprint density at radius 3 is 3.06 bits per heavy atom. The first-order valence-electron chi connectivity index (χ1n) is 5.87. The summed E-state index contributed by atoms with van der Waals surface area (Å²) >= 11 is 1.60. The first-order valence-corrected chi connectivity index (χ1v) is 6.69. The molecule has 0 saturated heterocycles. The van der Waals surface area contributed by atoms with E-state index in [2.05, 4.69) is 4.98 Å². The van der Waals surface area contributed by atoms with E-state index in [9.17, 15) is 4.79 Å². The molecule has 0 saturated carbocycles. The lowest BCUT2D eigenvalue weighted by Gasteiger charge is -2.09. The molecule has 0 N–H and O–H groups in total. The standard InChI is InChI=1S/C12H13NO3S/c1-2-15-12-13-10-9(11(14)16-12)7-5-3-4-6-8(7)17-10/h2-6H2,1H3. The second-order valence-electron chi connectivity index (χ2n) is 4.09. The summed E-state index contributed by atoms with van der Waals surface area (Å²) in [5.41, 5.74) is 0.846. The summed E-state index contributed by atoms with van der Waals surface area (Å²) in [6.07, 6.45) is 4.45. The van der Waals surface area contributed by atoms with Crippen LogP contribution in [0.15, 0.2) is 9.21 Å². The summed E-state index contributed by atoms with van der Waals surface area (Å²) in [5, 5.41) is 0.674. The molecule has 0 amide bonds. The molecule has 1 aliphatic rings. The molecule has 3 rings (SSSR count). The summed E-state index contributed by atoms with van der Waals surface area (Å²) in [5.74, 6) is 0. The fourth-order valence-corrected chi connectivity index (χ4v) is 3.50. The summed E-state index contributed by atoms with van der Waals surface area (Å²) in [6, 6.07) is 0. The van der Waals surface area contributed by atoms with Crippen molar-refractivity contribution in [3.05, 3.63) is 20.9 Å². The highest BCUT2D eigenvalue weighted by molar-refractivity contribution is 7.18. The van der Waals surface area contributed by atoms with E-state index in [1.54, 1.807) is 11.3 Å². The Bertz CT molecular complexity index is 614. The number of nitrogens with zero attached hydrogens (tertiary/aromatic N) is 1. The van der Waals surface area contributed by atoms with Crippen LogP contribution in [0.25, 0.3) is 10.2 Å². The van der Waals surface area contributed by atoms with E-state index < -0.39 is 0 Å². The SMILES string of the molecule is CCOc1nc2sc3c(c2c(=O)o1)CCCC3. The Hall–Kier alpha value is -1.36. The van der Waals surface area contributed by atoms with E-state index in [-0.39, 0.29) is 11.7 Å². The predicted molar refractivity (Wildman–Crippen MR) is 66.0 cm³/mol. The molecule has 2 heterocycles. The second kappa shape index (κ2) is 4.14. The fourth-order valence-electron chi connectivity index (χ4n) is 2.26. The molecule has 2 aromatic heterocycles. The molecule has 2 aromatic rings.